The average molecular weight is 254 g/mol. The Kier molecular flexibility index (Phi) is 5.62. The third kappa shape index (κ3) is 3.28. The van der Waals surface area contributed by atoms with Crippen molar-refractivity contribution in [3.8, 4) is 0 Å². The van der Waals surface area contributed by atoms with E-state index in [-0.39, 0.29) is 18.4 Å². The third-order valence-corrected chi connectivity index (χ3v) is 3.20. The molecular formula is C13H20ClN3. The third-order valence-electron chi connectivity index (χ3n) is 3.20. The summed E-state index contributed by atoms with van der Waals surface area (Å²) in [6.07, 6.45) is 9.26. The van der Waals surface area contributed by atoms with E-state index in [2.05, 4.69) is 11.1 Å². The van der Waals surface area contributed by atoms with Gasteiger partial charge in [0.1, 0.15) is 0 Å². The van der Waals surface area contributed by atoms with E-state index < -0.39 is 0 Å². The monoisotopic (exact) mass is 253 g/mol. The number of pyridine rings is 1. The zero-order valence-electron chi connectivity index (χ0n) is 9.88. The second kappa shape index (κ2) is 6.74. The highest BCUT2D eigenvalue weighted by molar-refractivity contribution is 5.85. The Labute approximate surface area is 109 Å². The maximum atomic E-state index is 6.17. The zero-order valence-corrected chi connectivity index (χ0v) is 10.7. The van der Waals surface area contributed by atoms with Gasteiger partial charge in [0.2, 0.25) is 0 Å². The van der Waals surface area contributed by atoms with E-state index in [4.69, 9.17) is 11.5 Å². The lowest BCUT2D eigenvalue weighted by Gasteiger charge is -2.27. The number of fused-ring (bicyclic) bond motifs is 1. The van der Waals surface area contributed by atoms with Crippen LogP contribution in [0.5, 0.6) is 0 Å². The van der Waals surface area contributed by atoms with E-state index in [0.717, 1.165) is 12.8 Å². The van der Waals surface area contributed by atoms with Crippen LogP contribution in [-0.4, -0.2) is 17.6 Å². The first kappa shape index (κ1) is 14.2. The summed E-state index contributed by atoms with van der Waals surface area (Å²) in [6.45, 7) is 0.551. The average Bonchev–Trinajstić information content (AvgIpc) is 2.35. The first-order valence-electron chi connectivity index (χ1n) is 5.89. The zero-order chi connectivity index (χ0) is 11.4. The topological polar surface area (TPSA) is 64.9 Å². The molecule has 0 aromatic carbocycles. The summed E-state index contributed by atoms with van der Waals surface area (Å²) in [5, 5.41) is 0. The van der Waals surface area contributed by atoms with Crippen LogP contribution in [0.2, 0.25) is 0 Å². The van der Waals surface area contributed by atoms with Crippen LogP contribution in [0.15, 0.2) is 30.5 Å². The molecule has 17 heavy (non-hydrogen) atoms. The maximum Gasteiger partial charge on any atom is 0.0485 e. The number of nitrogens with two attached hydrogens (primary N) is 2. The molecule has 3 nitrogen and oxygen atoms in total. The quantitative estimate of drug-likeness (QED) is 0.807. The van der Waals surface area contributed by atoms with E-state index in [9.17, 15) is 0 Å². The fraction of sp³-hybridized carbons (Fsp3) is 0.462. The van der Waals surface area contributed by atoms with Crippen LogP contribution in [0.3, 0.4) is 0 Å². The number of aromatic nitrogens is 1. The SMILES string of the molecule is Cl.NCC=C[C@H](N)C1CCCc2cccnc21. The van der Waals surface area contributed by atoms with Gasteiger partial charge in [-0.3, -0.25) is 4.98 Å². The Bertz CT molecular complexity index is 379. The Morgan fingerprint density at radius 3 is 3.12 bits per heavy atom. The van der Waals surface area contributed by atoms with Crippen LogP contribution in [0.1, 0.15) is 30.0 Å². The minimum Gasteiger partial charge on any atom is -0.327 e. The highest BCUT2D eigenvalue weighted by Crippen LogP contribution is 2.31. The normalized spacial score (nSPS) is 20.7. The highest BCUT2D eigenvalue weighted by Gasteiger charge is 2.24. The summed E-state index contributed by atoms with van der Waals surface area (Å²) >= 11 is 0. The van der Waals surface area contributed by atoms with Gasteiger partial charge in [0, 0.05) is 30.4 Å². The Balaban J connectivity index is 0.00000144. The standard InChI is InChI=1S/C13H19N3.ClH/c14-8-2-7-12(15)11-6-1-4-10-5-3-9-16-13(10)11;/h2-3,5,7,9,11-12H,1,4,6,8,14-15H2;1H/t11?,12-;/m0./s1. The number of halogens is 1. The molecule has 4 heteroatoms. The minimum atomic E-state index is 0. The van der Waals surface area contributed by atoms with Gasteiger partial charge in [0.25, 0.3) is 0 Å². The Morgan fingerprint density at radius 2 is 2.35 bits per heavy atom. The molecule has 94 valence electrons. The van der Waals surface area contributed by atoms with Crippen molar-refractivity contribution >= 4 is 12.4 Å². The van der Waals surface area contributed by atoms with Crippen LogP contribution < -0.4 is 11.5 Å². The lowest BCUT2D eigenvalue weighted by atomic mass is 9.82. The summed E-state index contributed by atoms with van der Waals surface area (Å²) < 4.78 is 0. The van der Waals surface area contributed by atoms with E-state index in [0.29, 0.717) is 12.5 Å². The minimum absolute atomic E-state index is 0. The maximum absolute atomic E-state index is 6.17. The van der Waals surface area contributed by atoms with Crippen LogP contribution in [0.25, 0.3) is 0 Å². The van der Waals surface area contributed by atoms with Crippen molar-refractivity contribution in [1.29, 1.82) is 0 Å². The number of hydrogen-bond donors (Lipinski definition) is 2. The molecule has 0 bridgehead atoms. The molecule has 1 heterocycles. The summed E-state index contributed by atoms with van der Waals surface area (Å²) in [7, 11) is 0. The van der Waals surface area contributed by atoms with Crippen molar-refractivity contribution in [3.05, 3.63) is 41.7 Å². The molecule has 0 saturated carbocycles. The Hall–Kier alpha value is -0.900. The van der Waals surface area contributed by atoms with E-state index in [1.54, 1.807) is 0 Å². The number of nitrogens with zero attached hydrogens (tertiary/aromatic N) is 1. The van der Waals surface area contributed by atoms with Gasteiger partial charge in [-0.1, -0.05) is 18.2 Å². The first-order valence-corrected chi connectivity index (χ1v) is 5.89. The van der Waals surface area contributed by atoms with Crippen LogP contribution >= 0.6 is 12.4 Å². The molecular weight excluding hydrogens is 234 g/mol. The number of aryl methyl sites for hydroxylation is 1. The van der Waals surface area contributed by atoms with E-state index >= 15 is 0 Å². The molecule has 4 N–H and O–H groups in total. The molecule has 0 radical (unpaired) electrons. The van der Waals surface area contributed by atoms with E-state index in [1.807, 2.05) is 24.4 Å². The molecule has 0 saturated heterocycles. The molecule has 1 aromatic heterocycles. The van der Waals surface area contributed by atoms with Gasteiger partial charge in [-0.15, -0.1) is 12.4 Å². The fourth-order valence-corrected chi connectivity index (χ4v) is 2.39. The molecule has 2 atom stereocenters. The predicted molar refractivity (Wildman–Crippen MR) is 73.3 cm³/mol. The lowest BCUT2D eigenvalue weighted by molar-refractivity contribution is 0.497. The summed E-state index contributed by atoms with van der Waals surface area (Å²) in [5.41, 5.74) is 14.2. The van der Waals surface area contributed by atoms with Crippen molar-refractivity contribution < 1.29 is 0 Å². The largest absolute Gasteiger partial charge is 0.327 e. The lowest BCUT2D eigenvalue weighted by Crippen LogP contribution is -2.30. The van der Waals surface area contributed by atoms with Gasteiger partial charge in [-0.05, 0) is 30.9 Å². The van der Waals surface area contributed by atoms with Gasteiger partial charge in [0.15, 0.2) is 0 Å². The van der Waals surface area contributed by atoms with Gasteiger partial charge >= 0.3 is 0 Å². The Morgan fingerprint density at radius 1 is 1.53 bits per heavy atom. The van der Waals surface area contributed by atoms with Crippen molar-refractivity contribution in [3.63, 3.8) is 0 Å². The second-order valence-electron chi connectivity index (χ2n) is 4.29. The van der Waals surface area contributed by atoms with Crippen molar-refractivity contribution in [2.24, 2.45) is 11.5 Å². The smallest absolute Gasteiger partial charge is 0.0485 e. The van der Waals surface area contributed by atoms with Gasteiger partial charge in [-0.25, -0.2) is 0 Å². The highest BCUT2D eigenvalue weighted by atomic mass is 35.5. The van der Waals surface area contributed by atoms with Crippen LogP contribution in [-0.2, 0) is 6.42 Å². The van der Waals surface area contributed by atoms with Crippen molar-refractivity contribution in [1.82, 2.24) is 4.98 Å². The number of hydrogen-bond acceptors (Lipinski definition) is 3. The summed E-state index contributed by atoms with van der Waals surface area (Å²) in [4.78, 5) is 4.48. The predicted octanol–water partition coefficient (Wildman–Crippen LogP) is 1.77. The molecule has 1 aliphatic carbocycles. The van der Waals surface area contributed by atoms with Crippen LogP contribution in [0, 0.1) is 0 Å². The molecule has 1 unspecified atom stereocenters. The summed E-state index contributed by atoms with van der Waals surface area (Å²) in [5.74, 6) is 0.354. The van der Waals surface area contributed by atoms with Gasteiger partial charge < -0.3 is 11.5 Å². The molecule has 1 aliphatic rings. The second-order valence-corrected chi connectivity index (χ2v) is 4.29. The van der Waals surface area contributed by atoms with Crippen molar-refractivity contribution in [2.45, 2.75) is 31.2 Å². The molecule has 0 aliphatic heterocycles. The molecule has 0 spiro atoms. The molecule has 1 aromatic rings. The van der Waals surface area contributed by atoms with Crippen LogP contribution in [0.4, 0.5) is 0 Å². The molecule has 0 amide bonds. The first-order chi connectivity index (χ1) is 7.83. The fourth-order valence-electron chi connectivity index (χ4n) is 2.39. The van der Waals surface area contributed by atoms with Gasteiger partial charge in [0.05, 0.1) is 0 Å². The molecule has 0 fully saturated rings. The van der Waals surface area contributed by atoms with Crippen molar-refractivity contribution in [2.75, 3.05) is 6.54 Å². The molecule has 2 rings (SSSR count). The van der Waals surface area contributed by atoms with E-state index in [1.165, 1.54) is 17.7 Å². The van der Waals surface area contributed by atoms with Gasteiger partial charge in [-0.2, -0.15) is 0 Å². The summed E-state index contributed by atoms with van der Waals surface area (Å²) in [6, 6.07) is 4.20. The number of rotatable bonds is 3.